The standard InChI is InChI=1S/C14H19F3O2/c1-4-6-8-13(18)10-12(7-5-2)9-11(3)19-14(15,16)17/h5,7,9H,2,4,6,8,10H2,1,3H3/b11-9+,12-7+. The van der Waals surface area contributed by atoms with Crippen molar-refractivity contribution in [2.24, 2.45) is 0 Å². The summed E-state index contributed by atoms with van der Waals surface area (Å²) in [6, 6.07) is 0. The van der Waals surface area contributed by atoms with Crippen LogP contribution < -0.4 is 0 Å². The van der Waals surface area contributed by atoms with Gasteiger partial charge in [-0.1, -0.05) is 32.1 Å². The van der Waals surface area contributed by atoms with Crippen LogP contribution in [-0.4, -0.2) is 12.1 Å². The summed E-state index contributed by atoms with van der Waals surface area (Å²) in [7, 11) is 0. The zero-order valence-electron chi connectivity index (χ0n) is 11.2. The van der Waals surface area contributed by atoms with Crippen LogP contribution in [0.25, 0.3) is 0 Å². The molecule has 0 saturated carbocycles. The Labute approximate surface area is 111 Å². The van der Waals surface area contributed by atoms with E-state index >= 15 is 0 Å². The highest BCUT2D eigenvalue weighted by atomic mass is 19.4. The van der Waals surface area contributed by atoms with Crippen molar-refractivity contribution in [1.29, 1.82) is 0 Å². The van der Waals surface area contributed by atoms with E-state index in [-0.39, 0.29) is 18.0 Å². The molecule has 0 aliphatic heterocycles. The molecule has 0 aromatic carbocycles. The number of hydrogen-bond donors (Lipinski definition) is 0. The van der Waals surface area contributed by atoms with Crippen LogP contribution >= 0.6 is 0 Å². The minimum absolute atomic E-state index is 0.00833. The molecular formula is C14H19F3O2. The van der Waals surface area contributed by atoms with Crippen LogP contribution in [0.3, 0.4) is 0 Å². The molecule has 2 nitrogen and oxygen atoms in total. The first-order chi connectivity index (χ1) is 8.78. The lowest BCUT2D eigenvalue weighted by Crippen LogP contribution is -2.12. The molecule has 0 aliphatic carbocycles. The molecule has 19 heavy (non-hydrogen) atoms. The first kappa shape index (κ1) is 17.5. The number of ether oxygens (including phenoxy) is 1. The third-order valence-corrected chi connectivity index (χ3v) is 2.21. The first-order valence-corrected chi connectivity index (χ1v) is 6.05. The molecule has 0 heterocycles. The van der Waals surface area contributed by atoms with Gasteiger partial charge >= 0.3 is 6.36 Å². The highest BCUT2D eigenvalue weighted by Crippen LogP contribution is 2.22. The van der Waals surface area contributed by atoms with Gasteiger partial charge in [-0.25, -0.2) is 0 Å². The molecule has 0 saturated heterocycles. The van der Waals surface area contributed by atoms with Gasteiger partial charge in [-0.2, -0.15) is 0 Å². The molecule has 0 spiro atoms. The van der Waals surface area contributed by atoms with Crippen molar-refractivity contribution in [2.45, 2.75) is 45.9 Å². The Hall–Kier alpha value is -1.52. The van der Waals surface area contributed by atoms with E-state index in [0.29, 0.717) is 12.0 Å². The minimum atomic E-state index is -4.72. The third-order valence-electron chi connectivity index (χ3n) is 2.21. The summed E-state index contributed by atoms with van der Waals surface area (Å²) in [4.78, 5) is 11.6. The number of carbonyl (C=O) groups is 1. The smallest absolute Gasteiger partial charge is 0.411 e. The molecule has 0 radical (unpaired) electrons. The lowest BCUT2D eigenvalue weighted by Gasteiger charge is -2.09. The van der Waals surface area contributed by atoms with Gasteiger partial charge in [0.2, 0.25) is 0 Å². The van der Waals surface area contributed by atoms with Crippen LogP contribution in [0.15, 0.2) is 36.1 Å². The summed E-state index contributed by atoms with van der Waals surface area (Å²) in [6.07, 6.45) is 1.63. The van der Waals surface area contributed by atoms with Crippen molar-refractivity contribution >= 4 is 5.78 Å². The Bertz CT molecular complexity index is 365. The summed E-state index contributed by atoms with van der Waals surface area (Å²) in [6.45, 7) is 6.63. The predicted molar refractivity (Wildman–Crippen MR) is 68.3 cm³/mol. The molecule has 0 rings (SSSR count). The fourth-order valence-electron chi connectivity index (χ4n) is 1.47. The van der Waals surface area contributed by atoms with Crippen LogP contribution in [0.5, 0.6) is 0 Å². The number of Topliss-reactive ketones (excluding diaryl/α,β-unsaturated/α-hetero) is 1. The highest BCUT2D eigenvalue weighted by molar-refractivity contribution is 5.81. The second kappa shape index (κ2) is 8.56. The van der Waals surface area contributed by atoms with Gasteiger partial charge < -0.3 is 4.74 Å². The zero-order valence-corrected chi connectivity index (χ0v) is 11.2. The molecule has 0 fully saturated rings. The Morgan fingerprint density at radius 2 is 2.00 bits per heavy atom. The summed E-state index contributed by atoms with van der Waals surface area (Å²) in [5.74, 6) is -0.310. The molecule has 5 heteroatoms. The number of ketones is 1. The molecule has 108 valence electrons. The summed E-state index contributed by atoms with van der Waals surface area (Å²) in [5, 5.41) is 0. The van der Waals surface area contributed by atoms with E-state index in [2.05, 4.69) is 11.3 Å². The van der Waals surface area contributed by atoms with Crippen molar-refractivity contribution in [3.63, 3.8) is 0 Å². The number of unbranched alkanes of at least 4 members (excludes halogenated alkanes) is 1. The second-order valence-corrected chi connectivity index (χ2v) is 4.10. The lowest BCUT2D eigenvalue weighted by molar-refractivity contribution is -0.305. The Morgan fingerprint density at radius 3 is 2.47 bits per heavy atom. The van der Waals surface area contributed by atoms with E-state index in [1.807, 2.05) is 6.92 Å². The van der Waals surface area contributed by atoms with Crippen LogP contribution in [0.2, 0.25) is 0 Å². The normalized spacial score (nSPS) is 13.3. The van der Waals surface area contributed by atoms with Gasteiger partial charge in [-0.15, -0.1) is 13.2 Å². The molecule has 0 bridgehead atoms. The van der Waals surface area contributed by atoms with Crippen LogP contribution in [0, 0.1) is 0 Å². The van der Waals surface area contributed by atoms with Gasteiger partial charge in [-0.3, -0.25) is 4.79 Å². The number of allylic oxidation sites excluding steroid dienone is 5. The van der Waals surface area contributed by atoms with E-state index in [1.165, 1.54) is 25.2 Å². The Kier molecular flexibility index (Phi) is 7.87. The van der Waals surface area contributed by atoms with Gasteiger partial charge in [0.05, 0.1) is 0 Å². The number of alkyl halides is 3. The van der Waals surface area contributed by atoms with Crippen molar-refractivity contribution in [2.75, 3.05) is 0 Å². The summed E-state index contributed by atoms with van der Waals surface area (Å²) in [5.41, 5.74) is 0.456. The molecule has 0 aromatic rings. The third kappa shape index (κ3) is 10.1. The maximum absolute atomic E-state index is 12.0. The minimum Gasteiger partial charge on any atom is -0.411 e. The number of rotatable bonds is 8. The highest BCUT2D eigenvalue weighted by Gasteiger charge is 2.30. The molecule has 0 aliphatic rings. The number of carbonyl (C=O) groups excluding carboxylic acids is 1. The predicted octanol–water partition coefficient (Wildman–Crippen LogP) is 4.69. The zero-order chi connectivity index (χ0) is 14.9. The molecule has 0 N–H and O–H groups in total. The summed E-state index contributed by atoms with van der Waals surface area (Å²) >= 11 is 0. The fourth-order valence-corrected chi connectivity index (χ4v) is 1.47. The molecule has 0 amide bonds. The Morgan fingerprint density at radius 1 is 1.37 bits per heavy atom. The van der Waals surface area contributed by atoms with E-state index in [0.717, 1.165) is 12.8 Å². The summed E-state index contributed by atoms with van der Waals surface area (Å²) < 4.78 is 39.8. The second-order valence-electron chi connectivity index (χ2n) is 4.10. The molecule has 0 atom stereocenters. The molecular weight excluding hydrogens is 257 g/mol. The number of halogens is 3. The van der Waals surface area contributed by atoms with Crippen molar-refractivity contribution in [3.8, 4) is 0 Å². The molecule has 0 unspecified atom stereocenters. The van der Waals surface area contributed by atoms with Crippen LogP contribution in [0.1, 0.15) is 39.5 Å². The maximum atomic E-state index is 12.0. The number of hydrogen-bond acceptors (Lipinski definition) is 2. The molecule has 0 aromatic heterocycles. The van der Waals surface area contributed by atoms with Gasteiger partial charge in [0.25, 0.3) is 0 Å². The largest absolute Gasteiger partial charge is 0.572 e. The Balaban J connectivity index is 4.66. The van der Waals surface area contributed by atoms with E-state index in [1.54, 1.807) is 0 Å². The van der Waals surface area contributed by atoms with Crippen molar-refractivity contribution in [1.82, 2.24) is 0 Å². The van der Waals surface area contributed by atoms with E-state index in [4.69, 9.17) is 0 Å². The first-order valence-electron chi connectivity index (χ1n) is 6.05. The fraction of sp³-hybridized carbons (Fsp3) is 0.500. The van der Waals surface area contributed by atoms with Gasteiger partial charge in [0.15, 0.2) is 0 Å². The van der Waals surface area contributed by atoms with Crippen molar-refractivity contribution < 1.29 is 22.7 Å². The monoisotopic (exact) mass is 276 g/mol. The maximum Gasteiger partial charge on any atom is 0.572 e. The van der Waals surface area contributed by atoms with Gasteiger partial charge in [0, 0.05) is 12.8 Å². The quantitative estimate of drug-likeness (QED) is 0.475. The van der Waals surface area contributed by atoms with Crippen LogP contribution in [-0.2, 0) is 9.53 Å². The van der Waals surface area contributed by atoms with E-state index < -0.39 is 6.36 Å². The van der Waals surface area contributed by atoms with Crippen LogP contribution in [0.4, 0.5) is 13.2 Å². The van der Waals surface area contributed by atoms with Gasteiger partial charge in [0.1, 0.15) is 11.5 Å². The lowest BCUT2D eigenvalue weighted by atomic mass is 10.0. The van der Waals surface area contributed by atoms with Crippen molar-refractivity contribution in [3.05, 3.63) is 36.1 Å². The topological polar surface area (TPSA) is 26.3 Å². The average molecular weight is 276 g/mol. The van der Waals surface area contributed by atoms with E-state index in [9.17, 15) is 18.0 Å². The average Bonchev–Trinajstić information content (AvgIpc) is 2.23. The van der Waals surface area contributed by atoms with Gasteiger partial charge in [-0.05, 0) is 25.0 Å². The SMILES string of the molecule is C=C/C=C(\C=C(/C)OC(F)(F)F)CC(=O)CCCC.